The van der Waals surface area contributed by atoms with Gasteiger partial charge in [-0.05, 0) is 72.6 Å². The second-order valence-electron chi connectivity index (χ2n) is 5.93. The highest BCUT2D eigenvalue weighted by atomic mass is 35.5. The molecule has 0 aliphatic carbocycles. The molecule has 0 heterocycles. The second-order valence-corrected chi connectivity index (χ2v) is 6.81. The molecule has 0 bridgehead atoms. The molecule has 1 N–H and O–H groups in total. The number of hydrogen-bond acceptors (Lipinski definition) is 4. The van der Waals surface area contributed by atoms with Crippen molar-refractivity contribution < 1.29 is 9.47 Å². The first kappa shape index (κ1) is 20.1. The SMILES string of the molecule is CCOc1cc(/C=N/Nc2ccc(Cl)cc2)ccc1OCc1cccc(Cl)c1. The number of nitrogens with one attached hydrogen (secondary N) is 1. The summed E-state index contributed by atoms with van der Waals surface area (Å²) in [6.07, 6.45) is 1.72. The predicted molar refractivity (Wildman–Crippen MR) is 116 cm³/mol. The maximum absolute atomic E-state index is 6.02. The standard InChI is InChI=1S/C22H20Cl2N2O2/c1-2-27-22-13-16(14-25-26-20-9-7-18(23)8-10-20)6-11-21(22)28-15-17-4-3-5-19(24)12-17/h3-14,26H,2,15H2,1H3/b25-14+. The minimum absolute atomic E-state index is 0.409. The molecule has 0 unspecified atom stereocenters. The molecule has 144 valence electrons. The third-order valence-electron chi connectivity index (χ3n) is 3.80. The van der Waals surface area contributed by atoms with Crippen LogP contribution in [0, 0.1) is 0 Å². The summed E-state index contributed by atoms with van der Waals surface area (Å²) in [5.41, 5.74) is 5.70. The highest BCUT2D eigenvalue weighted by Gasteiger charge is 2.07. The number of hydrazone groups is 1. The first-order valence-corrected chi connectivity index (χ1v) is 9.58. The van der Waals surface area contributed by atoms with Crippen molar-refractivity contribution in [3.8, 4) is 11.5 Å². The van der Waals surface area contributed by atoms with Gasteiger partial charge in [0.2, 0.25) is 0 Å². The Morgan fingerprint density at radius 1 is 0.893 bits per heavy atom. The largest absolute Gasteiger partial charge is 0.490 e. The molecule has 4 nitrogen and oxygen atoms in total. The zero-order chi connectivity index (χ0) is 19.8. The Morgan fingerprint density at radius 2 is 1.71 bits per heavy atom. The zero-order valence-corrected chi connectivity index (χ0v) is 16.9. The number of ether oxygens (including phenoxy) is 2. The fourth-order valence-electron chi connectivity index (χ4n) is 2.49. The summed E-state index contributed by atoms with van der Waals surface area (Å²) in [6.45, 7) is 2.88. The Morgan fingerprint density at radius 3 is 2.46 bits per heavy atom. The average Bonchev–Trinajstić information content (AvgIpc) is 2.69. The molecule has 0 aliphatic rings. The van der Waals surface area contributed by atoms with E-state index in [0.29, 0.717) is 34.8 Å². The molecule has 0 aliphatic heterocycles. The van der Waals surface area contributed by atoms with Crippen molar-refractivity contribution in [2.24, 2.45) is 5.10 Å². The van der Waals surface area contributed by atoms with Crippen molar-refractivity contribution >= 4 is 35.1 Å². The first-order chi connectivity index (χ1) is 13.6. The highest BCUT2D eigenvalue weighted by molar-refractivity contribution is 6.30. The van der Waals surface area contributed by atoms with Gasteiger partial charge in [-0.3, -0.25) is 5.43 Å². The van der Waals surface area contributed by atoms with Gasteiger partial charge < -0.3 is 9.47 Å². The lowest BCUT2D eigenvalue weighted by Gasteiger charge is -2.13. The monoisotopic (exact) mass is 414 g/mol. The molecule has 0 radical (unpaired) electrons. The fraction of sp³-hybridized carbons (Fsp3) is 0.136. The quantitative estimate of drug-likeness (QED) is 0.341. The van der Waals surface area contributed by atoms with Gasteiger partial charge in [0, 0.05) is 10.0 Å². The Balaban J connectivity index is 1.67. The molecule has 0 saturated heterocycles. The number of hydrogen-bond donors (Lipinski definition) is 1. The van der Waals surface area contributed by atoms with Crippen LogP contribution in [0.2, 0.25) is 10.0 Å². The lowest BCUT2D eigenvalue weighted by molar-refractivity contribution is 0.269. The molecular weight excluding hydrogens is 395 g/mol. The minimum Gasteiger partial charge on any atom is -0.490 e. The van der Waals surface area contributed by atoms with Gasteiger partial charge in [0.05, 0.1) is 18.5 Å². The van der Waals surface area contributed by atoms with Gasteiger partial charge in [-0.15, -0.1) is 0 Å². The van der Waals surface area contributed by atoms with Gasteiger partial charge in [0.15, 0.2) is 11.5 Å². The zero-order valence-electron chi connectivity index (χ0n) is 15.4. The van der Waals surface area contributed by atoms with E-state index in [4.69, 9.17) is 32.7 Å². The molecule has 0 fully saturated rings. The van der Waals surface area contributed by atoms with Gasteiger partial charge in [-0.25, -0.2) is 0 Å². The Hall–Kier alpha value is -2.69. The normalized spacial score (nSPS) is 10.8. The van der Waals surface area contributed by atoms with Crippen LogP contribution in [0.3, 0.4) is 0 Å². The summed E-state index contributed by atoms with van der Waals surface area (Å²) < 4.78 is 11.6. The summed E-state index contributed by atoms with van der Waals surface area (Å²) in [7, 11) is 0. The van der Waals surface area contributed by atoms with E-state index in [-0.39, 0.29) is 0 Å². The average molecular weight is 415 g/mol. The molecule has 6 heteroatoms. The minimum atomic E-state index is 0.409. The smallest absolute Gasteiger partial charge is 0.161 e. The Bertz CT molecular complexity index is 944. The van der Waals surface area contributed by atoms with Crippen molar-refractivity contribution in [2.45, 2.75) is 13.5 Å². The summed E-state index contributed by atoms with van der Waals surface area (Å²) >= 11 is 11.9. The van der Waals surface area contributed by atoms with Crippen molar-refractivity contribution in [1.29, 1.82) is 0 Å². The summed E-state index contributed by atoms with van der Waals surface area (Å²) in [4.78, 5) is 0. The number of nitrogens with zero attached hydrogens (tertiary/aromatic N) is 1. The summed E-state index contributed by atoms with van der Waals surface area (Å²) in [5.74, 6) is 1.34. The van der Waals surface area contributed by atoms with Crippen LogP contribution >= 0.6 is 23.2 Å². The lowest BCUT2D eigenvalue weighted by Crippen LogP contribution is -2.00. The maximum Gasteiger partial charge on any atom is 0.161 e. The van der Waals surface area contributed by atoms with Crippen LogP contribution in [0.15, 0.2) is 71.8 Å². The molecule has 3 rings (SSSR count). The van der Waals surface area contributed by atoms with Crippen LogP contribution < -0.4 is 14.9 Å². The molecule has 0 aromatic heterocycles. The van der Waals surface area contributed by atoms with E-state index in [1.54, 1.807) is 18.3 Å². The van der Waals surface area contributed by atoms with E-state index in [0.717, 1.165) is 16.8 Å². The van der Waals surface area contributed by atoms with Gasteiger partial charge in [-0.1, -0.05) is 35.3 Å². The van der Waals surface area contributed by atoms with Crippen molar-refractivity contribution in [3.05, 3.63) is 87.9 Å². The predicted octanol–water partition coefficient (Wildman–Crippen LogP) is 6.42. The molecule has 0 atom stereocenters. The van der Waals surface area contributed by atoms with E-state index in [1.165, 1.54) is 0 Å². The third kappa shape index (κ3) is 5.91. The summed E-state index contributed by atoms with van der Waals surface area (Å²) in [6, 6.07) is 20.6. The second kappa shape index (κ2) is 10.0. The molecule has 0 amide bonds. The van der Waals surface area contributed by atoms with Gasteiger partial charge in [0.1, 0.15) is 6.61 Å². The van der Waals surface area contributed by atoms with Crippen molar-refractivity contribution in [1.82, 2.24) is 0 Å². The maximum atomic E-state index is 6.02. The highest BCUT2D eigenvalue weighted by Crippen LogP contribution is 2.29. The first-order valence-electron chi connectivity index (χ1n) is 8.83. The van der Waals surface area contributed by atoms with Crippen LogP contribution in [-0.4, -0.2) is 12.8 Å². The molecule has 3 aromatic rings. The lowest BCUT2D eigenvalue weighted by atomic mass is 10.2. The fourth-order valence-corrected chi connectivity index (χ4v) is 2.82. The van der Waals surface area contributed by atoms with Crippen LogP contribution in [0.5, 0.6) is 11.5 Å². The number of halogens is 2. The number of rotatable bonds is 8. The third-order valence-corrected chi connectivity index (χ3v) is 4.29. The summed E-state index contributed by atoms with van der Waals surface area (Å²) in [5, 5.41) is 5.62. The van der Waals surface area contributed by atoms with E-state index in [2.05, 4.69) is 10.5 Å². The van der Waals surface area contributed by atoms with Gasteiger partial charge in [0.25, 0.3) is 0 Å². The van der Waals surface area contributed by atoms with Gasteiger partial charge in [-0.2, -0.15) is 5.10 Å². The topological polar surface area (TPSA) is 42.8 Å². The van der Waals surface area contributed by atoms with E-state index in [9.17, 15) is 0 Å². The van der Waals surface area contributed by atoms with Crippen LogP contribution in [0.25, 0.3) is 0 Å². The Labute approximate surface area is 174 Å². The molecule has 0 spiro atoms. The van der Waals surface area contributed by atoms with Crippen LogP contribution in [0.4, 0.5) is 5.69 Å². The van der Waals surface area contributed by atoms with Crippen molar-refractivity contribution in [3.63, 3.8) is 0 Å². The van der Waals surface area contributed by atoms with E-state index in [1.807, 2.05) is 61.5 Å². The van der Waals surface area contributed by atoms with Gasteiger partial charge >= 0.3 is 0 Å². The molecular formula is C22H20Cl2N2O2. The molecule has 3 aromatic carbocycles. The van der Waals surface area contributed by atoms with Crippen LogP contribution in [-0.2, 0) is 6.61 Å². The number of anilines is 1. The van der Waals surface area contributed by atoms with Crippen LogP contribution in [0.1, 0.15) is 18.1 Å². The number of benzene rings is 3. The molecule has 0 saturated carbocycles. The van der Waals surface area contributed by atoms with E-state index < -0.39 is 0 Å². The van der Waals surface area contributed by atoms with Crippen molar-refractivity contribution in [2.75, 3.05) is 12.0 Å². The molecule has 28 heavy (non-hydrogen) atoms. The van der Waals surface area contributed by atoms with E-state index >= 15 is 0 Å². The Kier molecular flexibility index (Phi) is 7.18.